The maximum Gasteiger partial charge on any atom is 0.175 e. The Labute approximate surface area is 183 Å². The van der Waals surface area contributed by atoms with Crippen LogP contribution >= 0.6 is 23.8 Å². The topological polar surface area (TPSA) is 59.7 Å². The molecule has 0 aliphatic heterocycles. The van der Waals surface area contributed by atoms with E-state index in [2.05, 4.69) is 20.8 Å². The van der Waals surface area contributed by atoms with Crippen LogP contribution in [0.1, 0.15) is 11.1 Å². The summed E-state index contributed by atoms with van der Waals surface area (Å²) < 4.78 is 16.8. The lowest BCUT2D eigenvalue weighted by atomic mass is 10.2. The quantitative estimate of drug-likeness (QED) is 0.423. The molecule has 0 aliphatic rings. The summed E-state index contributed by atoms with van der Waals surface area (Å²) in [5.41, 5.74) is 3.30. The summed E-state index contributed by atoms with van der Waals surface area (Å²) in [6.07, 6.45) is 7.01. The van der Waals surface area contributed by atoms with Crippen molar-refractivity contribution in [3.63, 3.8) is 0 Å². The average molecular weight is 441 g/mol. The third-order valence-corrected chi connectivity index (χ3v) is 4.88. The number of thiocarbonyl (C=S) groups is 1. The maximum atomic E-state index is 13.3. The van der Waals surface area contributed by atoms with E-state index < -0.39 is 0 Å². The molecule has 0 fully saturated rings. The van der Waals surface area contributed by atoms with Gasteiger partial charge in [0.15, 0.2) is 5.11 Å². The maximum absolute atomic E-state index is 13.3. The predicted molar refractivity (Wildman–Crippen MR) is 120 cm³/mol. The van der Waals surface area contributed by atoms with Gasteiger partial charge in [-0.15, -0.1) is 0 Å². The molecule has 0 spiro atoms. The van der Waals surface area contributed by atoms with Crippen LogP contribution in [-0.2, 0) is 13.1 Å². The largest absolute Gasteiger partial charge is 0.330 e. The second kappa shape index (κ2) is 9.06. The van der Waals surface area contributed by atoms with Crippen molar-refractivity contribution in [3.05, 3.63) is 95.3 Å². The molecule has 0 amide bonds. The number of anilines is 2. The zero-order valence-electron chi connectivity index (χ0n) is 15.8. The highest BCUT2D eigenvalue weighted by atomic mass is 35.5. The van der Waals surface area contributed by atoms with Crippen molar-refractivity contribution in [3.8, 4) is 0 Å². The summed E-state index contributed by atoms with van der Waals surface area (Å²) in [6.45, 7) is 1.03. The average Bonchev–Trinajstić information content (AvgIpc) is 3.33. The molecule has 6 nitrogen and oxygen atoms in total. The van der Waals surface area contributed by atoms with Gasteiger partial charge in [0, 0.05) is 17.4 Å². The van der Waals surface area contributed by atoms with Gasteiger partial charge in [-0.3, -0.25) is 9.36 Å². The number of rotatable bonds is 6. The zero-order valence-corrected chi connectivity index (χ0v) is 17.4. The van der Waals surface area contributed by atoms with Crippen molar-refractivity contribution < 1.29 is 4.39 Å². The van der Waals surface area contributed by atoms with Gasteiger partial charge in [-0.1, -0.05) is 41.9 Å². The molecule has 2 heterocycles. The smallest absolute Gasteiger partial charge is 0.175 e. The van der Waals surface area contributed by atoms with Crippen molar-refractivity contribution in [2.75, 3.05) is 10.6 Å². The normalized spacial score (nSPS) is 10.7. The monoisotopic (exact) mass is 440 g/mol. The Morgan fingerprint density at radius 3 is 2.27 bits per heavy atom. The molecule has 30 heavy (non-hydrogen) atoms. The van der Waals surface area contributed by atoms with Gasteiger partial charge in [0.1, 0.15) is 5.82 Å². The molecule has 2 aromatic carbocycles. The van der Waals surface area contributed by atoms with Gasteiger partial charge in [-0.25, -0.2) is 4.39 Å². The first-order chi connectivity index (χ1) is 14.5. The fourth-order valence-corrected chi connectivity index (χ4v) is 3.38. The van der Waals surface area contributed by atoms with Crippen LogP contribution in [0, 0.1) is 5.82 Å². The molecule has 4 rings (SSSR count). The highest BCUT2D eigenvalue weighted by molar-refractivity contribution is 7.80. The molecule has 0 saturated heterocycles. The minimum absolute atomic E-state index is 0.265. The second-order valence-corrected chi connectivity index (χ2v) is 7.47. The summed E-state index contributed by atoms with van der Waals surface area (Å²) in [4.78, 5) is 0. The fourth-order valence-electron chi connectivity index (χ4n) is 2.95. The molecule has 2 aromatic heterocycles. The molecule has 0 bridgehead atoms. The highest BCUT2D eigenvalue weighted by Gasteiger charge is 2.06. The molecule has 0 atom stereocenters. The van der Waals surface area contributed by atoms with E-state index in [1.54, 1.807) is 34.0 Å². The van der Waals surface area contributed by atoms with E-state index in [0.29, 0.717) is 23.2 Å². The minimum Gasteiger partial charge on any atom is -0.330 e. The van der Waals surface area contributed by atoms with Gasteiger partial charge in [0.25, 0.3) is 0 Å². The van der Waals surface area contributed by atoms with Crippen LogP contribution in [0.15, 0.2) is 73.3 Å². The Balaban J connectivity index is 1.32. The van der Waals surface area contributed by atoms with Gasteiger partial charge in [0.2, 0.25) is 0 Å². The van der Waals surface area contributed by atoms with E-state index in [4.69, 9.17) is 23.8 Å². The lowest BCUT2D eigenvalue weighted by Gasteiger charge is -2.07. The third-order valence-electron chi connectivity index (χ3n) is 4.31. The van der Waals surface area contributed by atoms with Crippen molar-refractivity contribution in [2.24, 2.45) is 0 Å². The molecular weight excluding hydrogens is 423 g/mol. The highest BCUT2D eigenvalue weighted by Crippen LogP contribution is 2.17. The first-order valence-corrected chi connectivity index (χ1v) is 9.94. The summed E-state index contributed by atoms with van der Waals surface area (Å²) in [5, 5.41) is 15.9. The number of hydrogen-bond acceptors (Lipinski definition) is 3. The molecule has 0 aliphatic carbocycles. The van der Waals surface area contributed by atoms with Crippen molar-refractivity contribution in [2.45, 2.75) is 13.1 Å². The van der Waals surface area contributed by atoms with Crippen LogP contribution in [0.3, 0.4) is 0 Å². The molecule has 152 valence electrons. The molecule has 2 N–H and O–H groups in total. The first kappa shape index (κ1) is 20.1. The van der Waals surface area contributed by atoms with E-state index >= 15 is 0 Å². The molecule has 0 radical (unpaired) electrons. The Morgan fingerprint density at radius 2 is 1.60 bits per heavy atom. The third kappa shape index (κ3) is 5.22. The van der Waals surface area contributed by atoms with Gasteiger partial charge in [-0.05, 0) is 41.5 Å². The fraction of sp³-hybridized carbons (Fsp3) is 0.0952. The Morgan fingerprint density at radius 1 is 0.933 bits per heavy atom. The molecule has 0 unspecified atom stereocenters. The van der Waals surface area contributed by atoms with Crippen molar-refractivity contribution in [1.82, 2.24) is 19.6 Å². The van der Waals surface area contributed by atoms with E-state index in [1.807, 2.05) is 36.5 Å². The lowest BCUT2D eigenvalue weighted by Crippen LogP contribution is -2.18. The lowest BCUT2D eigenvalue weighted by molar-refractivity contribution is 0.619. The summed E-state index contributed by atoms with van der Waals surface area (Å²) in [7, 11) is 0. The Bertz CT molecular complexity index is 1170. The first-order valence-electron chi connectivity index (χ1n) is 9.16. The minimum atomic E-state index is -0.265. The van der Waals surface area contributed by atoms with Gasteiger partial charge in [0.05, 0.1) is 36.9 Å². The summed E-state index contributed by atoms with van der Waals surface area (Å²) >= 11 is 11.6. The van der Waals surface area contributed by atoms with Crippen LogP contribution in [0.5, 0.6) is 0 Å². The second-order valence-electron chi connectivity index (χ2n) is 6.65. The van der Waals surface area contributed by atoms with Crippen LogP contribution < -0.4 is 10.6 Å². The standard InChI is InChI=1S/C21H18ClFN6S/c22-20-7-2-1-5-16(20)12-29-14-19(10-25-29)27-21(30)26-18-9-24-28(13-18)11-15-4-3-6-17(23)8-15/h1-10,13-14H,11-12H2,(H2,26,27,30). The van der Waals surface area contributed by atoms with Crippen LogP contribution in [0.2, 0.25) is 5.02 Å². The molecule has 0 saturated carbocycles. The molecule has 9 heteroatoms. The number of nitrogens with zero attached hydrogens (tertiary/aromatic N) is 4. The summed E-state index contributed by atoms with van der Waals surface area (Å²) in [5.74, 6) is -0.265. The van der Waals surface area contributed by atoms with E-state index in [1.165, 1.54) is 12.1 Å². The molecule has 4 aromatic rings. The van der Waals surface area contributed by atoms with Crippen molar-refractivity contribution >= 4 is 40.3 Å². The number of hydrogen-bond donors (Lipinski definition) is 2. The number of aromatic nitrogens is 4. The SMILES string of the molecule is Fc1cccc(Cn2cc(NC(=S)Nc3cnn(Cc4ccccc4Cl)c3)cn2)c1. The zero-order chi connectivity index (χ0) is 20.9. The predicted octanol–water partition coefficient (Wildman–Crippen LogP) is 4.78. The Kier molecular flexibility index (Phi) is 6.06. The number of nitrogens with one attached hydrogen (secondary N) is 2. The van der Waals surface area contributed by atoms with E-state index in [-0.39, 0.29) is 5.82 Å². The van der Waals surface area contributed by atoms with Gasteiger partial charge in [-0.2, -0.15) is 10.2 Å². The van der Waals surface area contributed by atoms with E-state index in [9.17, 15) is 4.39 Å². The van der Waals surface area contributed by atoms with Crippen LogP contribution in [-0.4, -0.2) is 24.7 Å². The van der Waals surface area contributed by atoms with Crippen molar-refractivity contribution in [1.29, 1.82) is 0 Å². The molecular formula is C21H18ClFN6S. The summed E-state index contributed by atoms with van der Waals surface area (Å²) in [6, 6.07) is 14.1. The van der Waals surface area contributed by atoms with E-state index in [0.717, 1.165) is 22.5 Å². The number of benzene rings is 2. The van der Waals surface area contributed by atoms with Crippen LogP contribution in [0.25, 0.3) is 0 Å². The van der Waals surface area contributed by atoms with Gasteiger partial charge >= 0.3 is 0 Å². The Hall–Kier alpha value is -3.23. The van der Waals surface area contributed by atoms with Gasteiger partial charge < -0.3 is 10.6 Å². The number of halogens is 2. The van der Waals surface area contributed by atoms with Crippen LogP contribution in [0.4, 0.5) is 15.8 Å².